The van der Waals surface area contributed by atoms with Crippen LogP contribution in [0.1, 0.15) is 5.56 Å². The van der Waals surface area contributed by atoms with Crippen molar-refractivity contribution in [1.82, 2.24) is 9.97 Å². The molecule has 0 unspecified atom stereocenters. The van der Waals surface area contributed by atoms with E-state index in [0.29, 0.717) is 0 Å². The summed E-state index contributed by atoms with van der Waals surface area (Å²) in [6, 6.07) is 15.7. The minimum absolute atomic E-state index is 0.0842. The first-order chi connectivity index (χ1) is 14.1. The van der Waals surface area contributed by atoms with E-state index in [1.807, 2.05) is 24.3 Å². The Kier molecular flexibility index (Phi) is 5.78. The topological polar surface area (TPSA) is 64.1 Å². The van der Waals surface area contributed by atoms with Crippen molar-refractivity contribution in [3.05, 3.63) is 65.8 Å². The highest BCUT2D eigenvalue weighted by Crippen LogP contribution is 2.37. The van der Waals surface area contributed by atoms with Crippen molar-refractivity contribution in [1.29, 1.82) is 0 Å². The van der Waals surface area contributed by atoms with E-state index in [9.17, 15) is 4.79 Å². The average Bonchev–Trinajstić information content (AvgIpc) is 3.18. The number of fused-ring (bicyclic) bond motifs is 1. The lowest BCUT2D eigenvalue weighted by Gasteiger charge is -2.07. The number of aryl methyl sites for hydroxylation is 1. The van der Waals surface area contributed by atoms with Crippen LogP contribution in [0.25, 0.3) is 21.3 Å². The number of ether oxygens (including phenoxy) is 1. The number of thiophene rings is 1. The Balaban J connectivity index is 1.52. The van der Waals surface area contributed by atoms with Gasteiger partial charge in [-0.1, -0.05) is 41.6 Å². The summed E-state index contributed by atoms with van der Waals surface area (Å²) in [5, 5.41) is 6.82. The molecule has 0 bridgehead atoms. The maximum atomic E-state index is 12.4. The van der Waals surface area contributed by atoms with Crippen LogP contribution in [0, 0.1) is 6.92 Å². The lowest BCUT2D eigenvalue weighted by molar-refractivity contribution is -0.113. The third kappa shape index (κ3) is 4.41. The molecule has 0 radical (unpaired) electrons. The van der Waals surface area contributed by atoms with Gasteiger partial charge in [0, 0.05) is 16.6 Å². The van der Waals surface area contributed by atoms with Gasteiger partial charge in [0.15, 0.2) is 0 Å². The molecule has 0 aliphatic rings. The highest BCUT2D eigenvalue weighted by atomic mass is 32.2. The van der Waals surface area contributed by atoms with E-state index < -0.39 is 0 Å². The number of aromatic nitrogens is 2. The molecule has 4 aromatic rings. The van der Waals surface area contributed by atoms with Gasteiger partial charge in [-0.15, -0.1) is 11.3 Å². The predicted octanol–water partition coefficient (Wildman–Crippen LogP) is 5.41. The number of methoxy groups -OCH3 is 1. The van der Waals surface area contributed by atoms with Gasteiger partial charge >= 0.3 is 0 Å². The van der Waals surface area contributed by atoms with E-state index in [1.165, 1.54) is 17.3 Å². The van der Waals surface area contributed by atoms with Crippen molar-refractivity contribution in [2.45, 2.75) is 11.9 Å². The van der Waals surface area contributed by atoms with Crippen LogP contribution in [0.5, 0.6) is 5.75 Å². The van der Waals surface area contributed by atoms with Gasteiger partial charge < -0.3 is 10.1 Å². The van der Waals surface area contributed by atoms with Crippen molar-refractivity contribution in [2.24, 2.45) is 0 Å². The summed E-state index contributed by atoms with van der Waals surface area (Å²) in [4.78, 5) is 22.2. The van der Waals surface area contributed by atoms with Crippen LogP contribution in [0.2, 0.25) is 0 Å². The average molecular weight is 422 g/mol. The van der Waals surface area contributed by atoms with Gasteiger partial charge in [0.1, 0.15) is 21.9 Å². The summed E-state index contributed by atoms with van der Waals surface area (Å²) >= 11 is 3.01. The van der Waals surface area contributed by atoms with E-state index in [4.69, 9.17) is 4.74 Å². The van der Waals surface area contributed by atoms with Crippen LogP contribution in [0.4, 0.5) is 5.69 Å². The van der Waals surface area contributed by atoms with E-state index in [-0.39, 0.29) is 11.7 Å². The maximum Gasteiger partial charge on any atom is 0.234 e. The van der Waals surface area contributed by atoms with Crippen LogP contribution in [0.3, 0.4) is 0 Å². The minimum Gasteiger partial charge on any atom is -0.497 e. The highest BCUT2D eigenvalue weighted by Gasteiger charge is 2.15. The molecule has 0 atom stereocenters. The molecule has 0 fully saturated rings. The number of carbonyl (C=O) groups is 1. The van der Waals surface area contributed by atoms with Gasteiger partial charge in [0.25, 0.3) is 0 Å². The molecule has 0 saturated carbocycles. The molecule has 29 heavy (non-hydrogen) atoms. The molecule has 0 aliphatic heterocycles. The number of anilines is 1. The lowest BCUT2D eigenvalue weighted by Crippen LogP contribution is -2.14. The van der Waals surface area contributed by atoms with Gasteiger partial charge in [-0.2, -0.15) is 0 Å². The number of amides is 1. The summed E-state index contributed by atoms with van der Waals surface area (Å²) in [7, 11) is 1.61. The van der Waals surface area contributed by atoms with Crippen molar-refractivity contribution >= 4 is 44.9 Å². The van der Waals surface area contributed by atoms with E-state index >= 15 is 0 Å². The number of hydrogen-bond acceptors (Lipinski definition) is 6. The molecule has 0 saturated heterocycles. The first-order valence-corrected chi connectivity index (χ1v) is 10.9. The van der Waals surface area contributed by atoms with E-state index in [0.717, 1.165) is 37.8 Å². The molecule has 1 N–H and O–H groups in total. The minimum atomic E-state index is -0.0842. The number of nitrogens with one attached hydrogen (secondary N) is 1. The summed E-state index contributed by atoms with van der Waals surface area (Å²) < 4.78 is 5.14. The summed E-state index contributed by atoms with van der Waals surface area (Å²) in [5.74, 6) is 0.933. The quantitative estimate of drug-likeness (QED) is 0.333. The Morgan fingerprint density at radius 3 is 2.59 bits per heavy atom. The number of rotatable bonds is 6. The van der Waals surface area contributed by atoms with Crippen LogP contribution in [-0.2, 0) is 4.79 Å². The Labute approximate surface area is 177 Å². The largest absolute Gasteiger partial charge is 0.497 e. The van der Waals surface area contributed by atoms with Crippen LogP contribution in [0.15, 0.2) is 65.3 Å². The normalized spacial score (nSPS) is 10.8. The lowest BCUT2D eigenvalue weighted by atomic mass is 10.1. The second kappa shape index (κ2) is 8.63. The Bertz CT molecular complexity index is 1140. The zero-order chi connectivity index (χ0) is 20.2. The Morgan fingerprint density at radius 1 is 1.10 bits per heavy atom. The van der Waals surface area contributed by atoms with Gasteiger partial charge in [0.05, 0.1) is 18.2 Å². The Hall–Kier alpha value is -2.90. The first-order valence-electron chi connectivity index (χ1n) is 9.00. The second-order valence-corrected chi connectivity index (χ2v) is 8.26. The number of hydrogen-bond donors (Lipinski definition) is 1. The van der Waals surface area contributed by atoms with Crippen LogP contribution in [-0.4, -0.2) is 28.7 Å². The zero-order valence-corrected chi connectivity index (χ0v) is 17.6. The number of thioether (sulfide) groups is 1. The molecule has 0 spiro atoms. The molecule has 5 nitrogen and oxygen atoms in total. The van der Waals surface area contributed by atoms with Crippen LogP contribution >= 0.6 is 23.1 Å². The molecule has 1 amide bonds. The summed E-state index contributed by atoms with van der Waals surface area (Å²) in [6.45, 7) is 2.07. The van der Waals surface area contributed by atoms with Crippen molar-refractivity contribution in [2.75, 3.05) is 18.2 Å². The molecular weight excluding hydrogens is 402 g/mol. The van der Waals surface area contributed by atoms with Gasteiger partial charge in [-0.05, 0) is 36.8 Å². The maximum absolute atomic E-state index is 12.4. The molecule has 4 rings (SSSR count). The fraction of sp³-hybridized carbons (Fsp3) is 0.136. The SMILES string of the molecule is COc1ccc(NC(=O)CSc2ncnc3scc(-c4ccc(C)cc4)c23)cc1. The summed E-state index contributed by atoms with van der Waals surface area (Å²) in [5.41, 5.74) is 4.18. The summed E-state index contributed by atoms with van der Waals surface area (Å²) in [6.07, 6.45) is 1.56. The second-order valence-electron chi connectivity index (χ2n) is 6.44. The standard InChI is InChI=1S/C22H19N3O2S2/c1-14-3-5-15(6-4-14)18-11-28-21-20(18)22(24-13-23-21)29-12-19(26)25-16-7-9-17(27-2)10-8-16/h3-11,13H,12H2,1-2H3,(H,25,26). The van der Waals surface area contributed by atoms with Gasteiger partial charge in [0.2, 0.25) is 5.91 Å². The third-order valence-corrected chi connectivity index (χ3v) is 6.29. The molecular formula is C22H19N3O2S2. The first kappa shape index (κ1) is 19.4. The van der Waals surface area contributed by atoms with Crippen molar-refractivity contribution in [3.8, 4) is 16.9 Å². The van der Waals surface area contributed by atoms with Crippen molar-refractivity contribution in [3.63, 3.8) is 0 Å². The molecule has 2 aromatic carbocycles. The zero-order valence-electron chi connectivity index (χ0n) is 16.0. The molecule has 146 valence electrons. The Morgan fingerprint density at radius 2 is 1.86 bits per heavy atom. The van der Waals surface area contributed by atoms with E-state index in [2.05, 4.69) is 51.9 Å². The molecule has 2 aromatic heterocycles. The van der Waals surface area contributed by atoms with Gasteiger partial charge in [-0.25, -0.2) is 9.97 Å². The monoisotopic (exact) mass is 421 g/mol. The molecule has 7 heteroatoms. The number of carbonyl (C=O) groups excluding carboxylic acids is 1. The fourth-order valence-electron chi connectivity index (χ4n) is 2.91. The third-order valence-electron chi connectivity index (χ3n) is 4.41. The molecule has 0 aliphatic carbocycles. The fourth-order valence-corrected chi connectivity index (χ4v) is 4.70. The number of nitrogens with zero attached hydrogens (tertiary/aromatic N) is 2. The number of benzene rings is 2. The van der Waals surface area contributed by atoms with Crippen molar-refractivity contribution < 1.29 is 9.53 Å². The predicted molar refractivity (Wildman–Crippen MR) is 120 cm³/mol. The van der Waals surface area contributed by atoms with E-state index in [1.54, 1.807) is 24.8 Å². The smallest absolute Gasteiger partial charge is 0.234 e. The highest BCUT2D eigenvalue weighted by molar-refractivity contribution is 8.00. The van der Waals surface area contributed by atoms with Gasteiger partial charge in [-0.3, -0.25) is 4.79 Å². The van der Waals surface area contributed by atoms with Crippen LogP contribution < -0.4 is 10.1 Å². The molecule has 2 heterocycles.